The highest BCUT2D eigenvalue weighted by Crippen LogP contribution is 2.07. The molecule has 1 heterocycles. The topological polar surface area (TPSA) is 97.5 Å². The molecular weight excluding hydrogens is 210 g/mol. The molecule has 0 radical (unpaired) electrons. The van der Waals surface area contributed by atoms with Gasteiger partial charge in [-0.15, -0.1) is 0 Å². The van der Waals surface area contributed by atoms with Crippen molar-refractivity contribution in [2.24, 2.45) is 5.73 Å². The molecule has 0 bridgehead atoms. The van der Waals surface area contributed by atoms with Gasteiger partial charge in [0.05, 0.1) is 7.11 Å². The van der Waals surface area contributed by atoms with Gasteiger partial charge in [0.25, 0.3) is 0 Å². The number of pyridine rings is 1. The molecule has 1 rings (SSSR count). The summed E-state index contributed by atoms with van der Waals surface area (Å²) in [5.74, 6) is -0.485. The number of ether oxygens (including phenoxy) is 1. The van der Waals surface area contributed by atoms with E-state index in [2.05, 4.69) is 10.3 Å². The van der Waals surface area contributed by atoms with Crippen molar-refractivity contribution in [2.75, 3.05) is 13.7 Å². The minimum Gasteiger partial charge on any atom is -0.481 e. The minimum absolute atomic E-state index is 0.222. The molecule has 0 aromatic carbocycles. The van der Waals surface area contributed by atoms with Gasteiger partial charge in [0.1, 0.15) is 6.04 Å². The number of aliphatic carboxylic acids is 1. The first-order valence-electron chi connectivity index (χ1n) is 4.81. The van der Waals surface area contributed by atoms with E-state index in [1.165, 1.54) is 0 Å². The molecule has 16 heavy (non-hydrogen) atoms. The smallest absolute Gasteiger partial charge is 0.321 e. The van der Waals surface area contributed by atoms with Crippen LogP contribution >= 0.6 is 0 Å². The number of carboxylic acid groups (broad SMARTS) is 1. The Kier molecular flexibility index (Phi) is 4.68. The van der Waals surface area contributed by atoms with Crippen molar-refractivity contribution in [1.29, 1.82) is 0 Å². The number of carboxylic acids is 1. The first kappa shape index (κ1) is 12.4. The number of nitrogens with one attached hydrogen (secondary N) is 1. The van der Waals surface area contributed by atoms with Gasteiger partial charge in [0, 0.05) is 25.4 Å². The highest BCUT2D eigenvalue weighted by atomic mass is 16.5. The molecule has 0 spiro atoms. The fourth-order valence-electron chi connectivity index (χ4n) is 1.13. The van der Waals surface area contributed by atoms with E-state index < -0.39 is 12.0 Å². The molecule has 4 N–H and O–H groups in total. The van der Waals surface area contributed by atoms with Gasteiger partial charge in [-0.3, -0.25) is 4.79 Å². The number of nitrogens with zero attached hydrogens (tertiary/aromatic N) is 1. The fraction of sp³-hybridized carbons (Fsp3) is 0.400. The second kappa shape index (κ2) is 6.04. The van der Waals surface area contributed by atoms with Crippen molar-refractivity contribution in [3.63, 3.8) is 0 Å². The zero-order chi connectivity index (χ0) is 12.0. The quantitative estimate of drug-likeness (QED) is 0.609. The summed E-state index contributed by atoms with van der Waals surface area (Å²) in [5, 5.41) is 11.5. The van der Waals surface area contributed by atoms with Gasteiger partial charge in [-0.25, -0.2) is 4.98 Å². The highest BCUT2D eigenvalue weighted by molar-refractivity contribution is 5.73. The number of rotatable bonds is 6. The molecule has 0 fully saturated rings. The number of nitrogens with two attached hydrogens (primary N) is 1. The maximum absolute atomic E-state index is 10.4. The van der Waals surface area contributed by atoms with Gasteiger partial charge in [0.15, 0.2) is 0 Å². The summed E-state index contributed by atoms with van der Waals surface area (Å²) >= 11 is 0. The summed E-state index contributed by atoms with van der Waals surface area (Å²) in [6.45, 7) is 0.750. The second-order valence-electron chi connectivity index (χ2n) is 3.28. The van der Waals surface area contributed by atoms with Crippen molar-refractivity contribution in [3.8, 4) is 5.88 Å². The molecule has 0 saturated heterocycles. The van der Waals surface area contributed by atoms with Crippen LogP contribution in [0.5, 0.6) is 5.88 Å². The van der Waals surface area contributed by atoms with E-state index in [9.17, 15) is 4.79 Å². The normalized spacial score (nSPS) is 12.1. The Balaban J connectivity index is 2.39. The van der Waals surface area contributed by atoms with Gasteiger partial charge >= 0.3 is 5.97 Å². The summed E-state index contributed by atoms with van der Waals surface area (Å²) in [6, 6.07) is 2.71. The number of hydrogen-bond donors (Lipinski definition) is 3. The van der Waals surface area contributed by atoms with Crippen LogP contribution < -0.4 is 15.8 Å². The van der Waals surface area contributed by atoms with Crippen LogP contribution in [0.2, 0.25) is 0 Å². The Bertz CT molecular complexity index is 357. The summed E-state index contributed by atoms with van der Waals surface area (Å²) in [5.41, 5.74) is 6.30. The maximum atomic E-state index is 10.4. The van der Waals surface area contributed by atoms with Crippen LogP contribution in [0.25, 0.3) is 0 Å². The SMILES string of the molecule is COc1cc(CNCC(N)C(=O)O)ccn1. The highest BCUT2D eigenvalue weighted by Gasteiger charge is 2.09. The Hall–Kier alpha value is -1.66. The first-order valence-corrected chi connectivity index (χ1v) is 4.81. The lowest BCUT2D eigenvalue weighted by atomic mass is 10.2. The van der Waals surface area contributed by atoms with Crippen LogP contribution in [-0.2, 0) is 11.3 Å². The van der Waals surface area contributed by atoms with Crippen molar-refractivity contribution in [2.45, 2.75) is 12.6 Å². The molecular formula is C10H15N3O3. The van der Waals surface area contributed by atoms with Gasteiger partial charge in [0.2, 0.25) is 5.88 Å². The summed E-state index contributed by atoms with van der Waals surface area (Å²) < 4.78 is 4.96. The van der Waals surface area contributed by atoms with Gasteiger partial charge in [-0.1, -0.05) is 0 Å². The Morgan fingerprint density at radius 3 is 3.12 bits per heavy atom. The monoisotopic (exact) mass is 225 g/mol. The van der Waals surface area contributed by atoms with Crippen molar-refractivity contribution >= 4 is 5.97 Å². The van der Waals surface area contributed by atoms with Crippen molar-refractivity contribution in [1.82, 2.24) is 10.3 Å². The van der Waals surface area contributed by atoms with Gasteiger partial charge < -0.3 is 20.9 Å². The van der Waals surface area contributed by atoms with E-state index in [-0.39, 0.29) is 6.54 Å². The molecule has 0 aliphatic carbocycles. The molecule has 1 aromatic heterocycles. The van der Waals surface area contributed by atoms with E-state index in [1.807, 2.05) is 6.07 Å². The molecule has 1 atom stereocenters. The number of hydrogen-bond acceptors (Lipinski definition) is 5. The van der Waals surface area contributed by atoms with Crippen LogP contribution in [0.1, 0.15) is 5.56 Å². The summed E-state index contributed by atoms with van der Waals surface area (Å²) in [4.78, 5) is 14.4. The lowest BCUT2D eigenvalue weighted by Crippen LogP contribution is -2.40. The molecule has 0 amide bonds. The van der Waals surface area contributed by atoms with Crippen LogP contribution in [0, 0.1) is 0 Å². The number of methoxy groups -OCH3 is 1. The molecule has 1 aromatic rings. The van der Waals surface area contributed by atoms with Crippen LogP contribution in [-0.4, -0.2) is 35.8 Å². The van der Waals surface area contributed by atoms with Crippen molar-refractivity contribution in [3.05, 3.63) is 23.9 Å². The number of aromatic nitrogens is 1. The van der Waals surface area contributed by atoms with E-state index in [0.717, 1.165) is 5.56 Å². The van der Waals surface area contributed by atoms with E-state index in [0.29, 0.717) is 12.4 Å². The van der Waals surface area contributed by atoms with E-state index in [4.69, 9.17) is 15.6 Å². The standard InChI is InChI=1S/C10H15N3O3/c1-16-9-4-7(2-3-13-9)5-12-6-8(11)10(14)15/h2-4,8,12H,5-6,11H2,1H3,(H,14,15). The lowest BCUT2D eigenvalue weighted by molar-refractivity contribution is -0.138. The predicted molar refractivity (Wildman–Crippen MR) is 58.1 cm³/mol. The minimum atomic E-state index is -1.01. The number of carbonyl (C=O) groups is 1. The summed E-state index contributed by atoms with van der Waals surface area (Å²) in [7, 11) is 1.54. The molecule has 88 valence electrons. The maximum Gasteiger partial charge on any atom is 0.321 e. The third-order valence-electron chi connectivity index (χ3n) is 2.02. The Morgan fingerprint density at radius 2 is 2.50 bits per heavy atom. The average molecular weight is 225 g/mol. The molecule has 0 saturated carbocycles. The lowest BCUT2D eigenvalue weighted by Gasteiger charge is -2.08. The van der Waals surface area contributed by atoms with Crippen LogP contribution in [0.4, 0.5) is 0 Å². The van der Waals surface area contributed by atoms with Gasteiger partial charge in [-0.05, 0) is 11.6 Å². The zero-order valence-corrected chi connectivity index (χ0v) is 9.01. The Labute approximate surface area is 93.4 Å². The largest absolute Gasteiger partial charge is 0.481 e. The second-order valence-corrected chi connectivity index (χ2v) is 3.28. The molecule has 0 aliphatic heterocycles. The molecule has 6 nitrogen and oxygen atoms in total. The third-order valence-corrected chi connectivity index (χ3v) is 2.02. The van der Waals surface area contributed by atoms with Crippen LogP contribution in [0.15, 0.2) is 18.3 Å². The molecule has 6 heteroatoms. The fourth-order valence-corrected chi connectivity index (χ4v) is 1.13. The average Bonchev–Trinajstić information content (AvgIpc) is 2.29. The first-order chi connectivity index (χ1) is 7.63. The molecule has 1 unspecified atom stereocenters. The Morgan fingerprint density at radius 1 is 1.75 bits per heavy atom. The van der Waals surface area contributed by atoms with Gasteiger partial charge in [-0.2, -0.15) is 0 Å². The van der Waals surface area contributed by atoms with Crippen LogP contribution in [0.3, 0.4) is 0 Å². The van der Waals surface area contributed by atoms with E-state index >= 15 is 0 Å². The zero-order valence-electron chi connectivity index (χ0n) is 9.01. The predicted octanol–water partition coefficient (Wildman–Crippen LogP) is -0.408. The van der Waals surface area contributed by atoms with Crippen molar-refractivity contribution < 1.29 is 14.6 Å². The summed E-state index contributed by atoms with van der Waals surface area (Å²) in [6.07, 6.45) is 1.63. The molecule has 0 aliphatic rings. The third kappa shape index (κ3) is 3.84. The van der Waals surface area contributed by atoms with E-state index in [1.54, 1.807) is 19.4 Å².